The van der Waals surface area contributed by atoms with E-state index in [-0.39, 0.29) is 11.3 Å². The van der Waals surface area contributed by atoms with Crippen molar-refractivity contribution in [3.63, 3.8) is 0 Å². The van der Waals surface area contributed by atoms with E-state index in [1.165, 1.54) is 0 Å². The summed E-state index contributed by atoms with van der Waals surface area (Å²) < 4.78 is 7.62. The molecule has 0 bridgehead atoms. The molecule has 1 amide bonds. The summed E-state index contributed by atoms with van der Waals surface area (Å²) in [5.41, 5.74) is 2.40. The van der Waals surface area contributed by atoms with Gasteiger partial charge in [0.15, 0.2) is 0 Å². The normalized spacial score (nSPS) is 17.4. The van der Waals surface area contributed by atoms with Crippen molar-refractivity contribution in [1.29, 1.82) is 0 Å². The van der Waals surface area contributed by atoms with E-state index in [9.17, 15) is 14.7 Å². The van der Waals surface area contributed by atoms with E-state index in [1.807, 2.05) is 48.9 Å². The summed E-state index contributed by atoms with van der Waals surface area (Å²) in [4.78, 5) is 31.9. The lowest BCUT2D eigenvalue weighted by Gasteiger charge is -2.25. The number of ether oxygens (including phenoxy) is 1. The van der Waals surface area contributed by atoms with Gasteiger partial charge in [-0.25, -0.2) is 4.98 Å². The van der Waals surface area contributed by atoms with Crippen LogP contribution in [-0.4, -0.2) is 44.4 Å². The zero-order chi connectivity index (χ0) is 24.1. The third kappa shape index (κ3) is 4.88. The van der Waals surface area contributed by atoms with Crippen LogP contribution in [0, 0.1) is 6.92 Å². The maximum absolute atomic E-state index is 13.2. The predicted molar refractivity (Wildman–Crippen MR) is 129 cm³/mol. The summed E-state index contributed by atoms with van der Waals surface area (Å²) in [6, 6.07) is 14.0. The number of Topliss-reactive ketones (excluding diaryl/α,β-unsaturated/α-hetero) is 1. The standard InChI is InChI=1S/C27H29N3O4/c1-3-16-34-22-7-4-6-21(17-22)25(31)23-24(20-10-8-19(2)9-11-20)30(27(33)26(23)32)14-5-13-29-15-12-28-18-29/h4,6-12,15,17-18,24,31H,3,5,13-14,16H2,1-2H3. The van der Waals surface area contributed by atoms with E-state index >= 15 is 0 Å². The van der Waals surface area contributed by atoms with E-state index in [1.54, 1.807) is 41.7 Å². The zero-order valence-electron chi connectivity index (χ0n) is 19.5. The first-order chi connectivity index (χ1) is 16.5. The van der Waals surface area contributed by atoms with Crippen molar-refractivity contribution in [1.82, 2.24) is 14.5 Å². The molecule has 1 unspecified atom stereocenters. The quantitative estimate of drug-likeness (QED) is 0.289. The molecule has 0 aliphatic carbocycles. The van der Waals surface area contributed by atoms with Gasteiger partial charge in [0.1, 0.15) is 11.5 Å². The summed E-state index contributed by atoms with van der Waals surface area (Å²) in [5.74, 6) is -0.864. The van der Waals surface area contributed by atoms with Crippen molar-refractivity contribution in [2.75, 3.05) is 13.2 Å². The number of nitrogens with zero attached hydrogens (tertiary/aromatic N) is 3. The zero-order valence-corrected chi connectivity index (χ0v) is 19.5. The minimum Gasteiger partial charge on any atom is -0.507 e. The van der Waals surface area contributed by atoms with E-state index in [0.29, 0.717) is 37.4 Å². The van der Waals surface area contributed by atoms with Gasteiger partial charge in [-0.1, -0.05) is 48.9 Å². The molecule has 2 aromatic carbocycles. The molecule has 1 atom stereocenters. The first kappa shape index (κ1) is 23.3. The Bertz CT molecular complexity index is 1180. The average molecular weight is 460 g/mol. The Labute approximate surface area is 199 Å². The Morgan fingerprint density at radius 3 is 2.62 bits per heavy atom. The van der Waals surface area contributed by atoms with Gasteiger partial charge in [0.05, 0.1) is 24.5 Å². The molecule has 7 heteroatoms. The summed E-state index contributed by atoms with van der Waals surface area (Å²) in [6.45, 7) is 5.58. The van der Waals surface area contributed by atoms with Crippen molar-refractivity contribution in [2.24, 2.45) is 0 Å². The van der Waals surface area contributed by atoms with Crippen molar-refractivity contribution in [3.05, 3.63) is 89.5 Å². The second kappa shape index (κ2) is 10.4. The van der Waals surface area contributed by atoms with Crippen LogP contribution in [0.2, 0.25) is 0 Å². The lowest BCUT2D eigenvalue weighted by Crippen LogP contribution is -2.31. The van der Waals surface area contributed by atoms with E-state index in [4.69, 9.17) is 4.74 Å². The maximum atomic E-state index is 13.2. The number of hydrogen-bond acceptors (Lipinski definition) is 5. The van der Waals surface area contributed by atoms with Gasteiger partial charge in [-0.2, -0.15) is 0 Å². The third-order valence-electron chi connectivity index (χ3n) is 5.89. The molecule has 1 N–H and O–H groups in total. The number of benzene rings is 2. The number of aliphatic hydroxyl groups excluding tert-OH is 1. The Balaban J connectivity index is 1.71. The number of amides is 1. The van der Waals surface area contributed by atoms with Crippen LogP contribution < -0.4 is 4.74 Å². The number of carbonyl (C=O) groups is 2. The summed E-state index contributed by atoms with van der Waals surface area (Å²) in [5, 5.41) is 11.3. The van der Waals surface area contributed by atoms with Crippen LogP contribution in [0.4, 0.5) is 0 Å². The van der Waals surface area contributed by atoms with Crippen LogP contribution in [0.3, 0.4) is 0 Å². The van der Waals surface area contributed by atoms with Crippen LogP contribution in [-0.2, 0) is 16.1 Å². The molecule has 1 fully saturated rings. The molecule has 0 spiro atoms. The lowest BCUT2D eigenvalue weighted by atomic mass is 9.94. The van der Waals surface area contributed by atoms with Crippen LogP contribution in [0.5, 0.6) is 5.75 Å². The molecule has 0 saturated carbocycles. The highest BCUT2D eigenvalue weighted by atomic mass is 16.5. The monoisotopic (exact) mass is 459 g/mol. The van der Waals surface area contributed by atoms with Crippen LogP contribution >= 0.6 is 0 Å². The fourth-order valence-corrected chi connectivity index (χ4v) is 4.16. The Kier molecular flexibility index (Phi) is 7.11. The van der Waals surface area contributed by atoms with Crippen LogP contribution in [0.25, 0.3) is 5.76 Å². The van der Waals surface area contributed by atoms with Crippen molar-refractivity contribution >= 4 is 17.4 Å². The fourth-order valence-electron chi connectivity index (χ4n) is 4.16. The molecule has 7 nitrogen and oxygen atoms in total. The topological polar surface area (TPSA) is 84.7 Å². The number of aliphatic hydroxyl groups is 1. The highest BCUT2D eigenvalue weighted by Crippen LogP contribution is 2.39. The first-order valence-electron chi connectivity index (χ1n) is 11.5. The fraction of sp³-hybridized carbons (Fsp3) is 0.296. The highest BCUT2D eigenvalue weighted by molar-refractivity contribution is 6.46. The number of aryl methyl sites for hydroxylation is 2. The number of rotatable bonds is 9. The third-order valence-corrected chi connectivity index (χ3v) is 5.89. The Morgan fingerprint density at radius 1 is 1.12 bits per heavy atom. The average Bonchev–Trinajstić information content (AvgIpc) is 3.45. The molecular weight excluding hydrogens is 430 g/mol. The molecule has 1 aromatic heterocycles. The molecule has 176 valence electrons. The van der Waals surface area contributed by atoms with Gasteiger partial charge in [0.2, 0.25) is 0 Å². The second-order valence-corrected chi connectivity index (χ2v) is 8.43. The first-order valence-corrected chi connectivity index (χ1v) is 11.5. The van der Waals surface area contributed by atoms with Crippen LogP contribution in [0.15, 0.2) is 72.8 Å². The molecule has 2 heterocycles. The number of aromatic nitrogens is 2. The molecule has 34 heavy (non-hydrogen) atoms. The predicted octanol–water partition coefficient (Wildman–Crippen LogP) is 4.49. The van der Waals surface area contributed by atoms with E-state index in [0.717, 1.165) is 17.5 Å². The van der Waals surface area contributed by atoms with Gasteiger partial charge in [0.25, 0.3) is 11.7 Å². The minimum absolute atomic E-state index is 0.101. The minimum atomic E-state index is -0.675. The molecule has 1 saturated heterocycles. The van der Waals surface area contributed by atoms with Crippen molar-refractivity contribution in [3.8, 4) is 5.75 Å². The van der Waals surface area contributed by atoms with Crippen molar-refractivity contribution in [2.45, 2.75) is 39.3 Å². The molecule has 0 radical (unpaired) electrons. The van der Waals surface area contributed by atoms with Gasteiger partial charge in [0, 0.05) is 31.0 Å². The number of ketones is 1. The SMILES string of the molecule is CCCOc1cccc(C(O)=C2C(=O)C(=O)N(CCCn3ccnc3)C2c2ccc(C)cc2)c1. The van der Waals surface area contributed by atoms with E-state index in [2.05, 4.69) is 4.98 Å². The van der Waals surface area contributed by atoms with Crippen LogP contribution in [0.1, 0.15) is 42.5 Å². The Hall–Kier alpha value is -3.87. The molecule has 1 aliphatic heterocycles. The molecular formula is C27H29N3O4. The maximum Gasteiger partial charge on any atom is 0.295 e. The molecule has 3 aromatic rings. The van der Waals surface area contributed by atoms with Gasteiger partial charge in [-0.05, 0) is 37.5 Å². The lowest BCUT2D eigenvalue weighted by molar-refractivity contribution is -0.139. The number of carbonyl (C=O) groups excluding carboxylic acids is 2. The number of imidazole rings is 1. The number of likely N-dealkylation sites (tertiary alicyclic amines) is 1. The van der Waals surface area contributed by atoms with Gasteiger partial charge >= 0.3 is 0 Å². The summed E-state index contributed by atoms with van der Waals surface area (Å²) in [7, 11) is 0. The van der Waals surface area contributed by atoms with E-state index < -0.39 is 17.7 Å². The van der Waals surface area contributed by atoms with Gasteiger partial charge < -0.3 is 19.3 Å². The summed E-state index contributed by atoms with van der Waals surface area (Å²) in [6.07, 6.45) is 6.79. The second-order valence-electron chi connectivity index (χ2n) is 8.43. The molecule has 4 rings (SSSR count). The van der Waals surface area contributed by atoms with Gasteiger partial charge in [-0.15, -0.1) is 0 Å². The molecule has 1 aliphatic rings. The van der Waals surface area contributed by atoms with Gasteiger partial charge in [-0.3, -0.25) is 9.59 Å². The Morgan fingerprint density at radius 2 is 1.91 bits per heavy atom. The number of hydrogen-bond donors (Lipinski definition) is 1. The summed E-state index contributed by atoms with van der Waals surface area (Å²) >= 11 is 0. The van der Waals surface area contributed by atoms with Crippen molar-refractivity contribution < 1.29 is 19.4 Å². The smallest absolute Gasteiger partial charge is 0.295 e. The largest absolute Gasteiger partial charge is 0.507 e. The highest BCUT2D eigenvalue weighted by Gasteiger charge is 2.45.